The molecule has 0 aliphatic carbocycles. The van der Waals surface area contributed by atoms with Crippen LogP contribution in [0.4, 0.5) is 15.8 Å². The predicted molar refractivity (Wildman–Crippen MR) is 74.3 cm³/mol. The second-order valence-electron chi connectivity index (χ2n) is 6.29. The summed E-state index contributed by atoms with van der Waals surface area (Å²) in [6, 6.07) is 3.85. The van der Waals surface area contributed by atoms with E-state index in [0.29, 0.717) is 5.69 Å². The molecule has 1 saturated heterocycles. The van der Waals surface area contributed by atoms with Gasteiger partial charge in [-0.25, -0.2) is 0 Å². The lowest BCUT2D eigenvalue weighted by molar-refractivity contribution is -0.387. The van der Waals surface area contributed by atoms with Crippen LogP contribution in [0.5, 0.6) is 0 Å². The Balaban J connectivity index is 2.19. The number of rotatable bonds is 3. The van der Waals surface area contributed by atoms with Gasteiger partial charge in [0.2, 0.25) is 5.82 Å². The minimum absolute atomic E-state index is 0.0124. The van der Waals surface area contributed by atoms with Crippen LogP contribution < -0.4 is 5.32 Å². The zero-order valence-corrected chi connectivity index (χ0v) is 12.1. The van der Waals surface area contributed by atoms with Gasteiger partial charge in [-0.3, -0.25) is 10.1 Å². The lowest BCUT2D eigenvalue weighted by Gasteiger charge is -2.28. The predicted octanol–water partition coefficient (Wildman–Crippen LogP) is 3.49. The van der Waals surface area contributed by atoms with E-state index in [-0.39, 0.29) is 17.2 Å². The van der Waals surface area contributed by atoms with Gasteiger partial charge in [-0.05, 0) is 40.2 Å². The van der Waals surface area contributed by atoms with Gasteiger partial charge >= 0.3 is 5.69 Å². The molecular formula is C14H19FN2O3. The van der Waals surface area contributed by atoms with Crippen LogP contribution in [0.1, 0.15) is 34.1 Å². The van der Waals surface area contributed by atoms with E-state index >= 15 is 0 Å². The third-order valence-corrected chi connectivity index (χ3v) is 3.56. The van der Waals surface area contributed by atoms with Crippen LogP contribution in [0.3, 0.4) is 0 Å². The topological polar surface area (TPSA) is 64.4 Å². The van der Waals surface area contributed by atoms with Crippen LogP contribution in [0.25, 0.3) is 0 Å². The minimum Gasteiger partial charge on any atom is -0.379 e. The monoisotopic (exact) mass is 282 g/mol. The maximum absolute atomic E-state index is 13.6. The number of benzene rings is 1. The van der Waals surface area contributed by atoms with E-state index in [4.69, 9.17) is 4.74 Å². The fourth-order valence-electron chi connectivity index (χ4n) is 2.73. The summed E-state index contributed by atoms with van der Waals surface area (Å²) in [5.41, 5.74) is -0.632. The van der Waals surface area contributed by atoms with E-state index in [0.717, 1.165) is 12.5 Å². The zero-order chi connectivity index (χ0) is 15.1. The number of hydrogen-bond donors (Lipinski definition) is 1. The maximum atomic E-state index is 13.6. The van der Waals surface area contributed by atoms with Crippen molar-refractivity contribution in [2.24, 2.45) is 0 Å². The third-order valence-electron chi connectivity index (χ3n) is 3.56. The largest absolute Gasteiger partial charge is 0.379 e. The molecule has 1 atom stereocenters. The molecule has 5 nitrogen and oxygen atoms in total. The molecule has 0 bridgehead atoms. The van der Waals surface area contributed by atoms with Crippen LogP contribution in [0.15, 0.2) is 18.2 Å². The van der Waals surface area contributed by atoms with Crippen molar-refractivity contribution in [1.29, 1.82) is 0 Å². The Labute approximate surface area is 117 Å². The van der Waals surface area contributed by atoms with Crippen molar-refractivity contribution >= 4 is 11.4 Å². The second kappa shape index (κ2) is 4.70. The molecule has 1 heterocycles. The quantitative estimate of drug-likeness (QED) is 0.680. The number of halogens is 1. The van der Waals surface area contributed by atoms with E-state index in [1.807, 2.05) is 27.7 Å². The summed E-state index contributed by atoms with van der Waals surface area (Å²) in [5, 5.41) is 13.8. The van der Waals surface area contributed by atoms with E-state index in [1.165, 1.54) is 12.1 Å². The summed E-state index contributed by atoms with van der Waals surface area (Å²) in [4.78, 5) is 9.86. The molecule has 110 valence electrons. The summed E-state index contributed by atoms with van der Waals surface area (Å²) in [5.74, 6) is -0.837. The first-order chi connectivity index (χ1) is 9.11. The molecule has 1 aromatic carbocycles. The van der Waals surface area contributed by atoms with E-state index in [2.05, 4.69) is 5.32 Å². The van der Waals surface area contributed by atoms with Gasteiger partial charge in [-0.2, -0.15) is 4.39 Å². The lowest BCUT2D eigenvalue weighted by atomic mass is 9.94. The first-order valence-corrected chi connectivity index (χ1v) is 6.51. The van der Waals surface area contributed by atoms with Crippen molar-refractivity contribution in [2.75, 3.05) is 5.32 Å². The summed E-state index contributed by atoms with van der Waals surface area (Å²) in [7, 11) is 0. The summed E-state index contributed by atoms with van der Waals surface area (Å²) >= 11 is 0. The van der Waals surface area contributed by atoms with Crippen molar-refractivity contribution in [3.63, 3.8) is 0 Å². The zero-order valence-electron chi connectivity index (χ0n) is 12.1. The fourth-order valence-corrected chi connectivity index (χ4v) is 2.73. The number of hydrogen-bond acceptors (Lipinski definition) is 4. The number of nitro groups is 1. The Bertz CT molecular complexity index is 543. The molecule has 1 aromatic rings. The van der Waals surface area contributed by atoms with Gasteiger partial charge in [-0.15, -0.1) is 0 Å². The van der Waals surface area contributed by atoms with Gasteiger partial charge in [-0.1, -0.05) is 0 Å². The number of ether oxygens (including phenoxy) is 1. The van der Waals surface area contributed by atoms with E-state index in [1.54, 1.807) is 0 Å². The Morgan fingerprint density at radius 3 is 2.50 bits per heavy atom. The molecule has 20 heavy (non-hydrogen) atoms. The van der Waals surface area contributed by atoms with Crippen LogP contribution >= 0.6 is 0 Å². The Morgan fingerprint density at radius 2 is 2.05 bits per heavy atom. The molecule has 0 radical (unpaired) electrons. The average molecular weight is 282 g/mol. The molecule has 1 fully saturated rings. The highest BCUT2D eigenvalue weighted by Crippen LogP contribution is 2.39. The maximum Gasteiger partial charge on any atom is 0.304 e. The smallest absolute Gasteiger partial charge is 0.304 e. The second-order valence-corrected chi connectivity index (χ2v) is 6.29. The van der Waals surface area contributed by atoms with Crippen molar-refractivity contribution in [1.82, 2.24) is 0 Å². The summed E-state index contributed by atoms with van der Waals surface area (Å²) in [6.45, 7) is 7.96. The highest BCUT2D eigenvalue weighted by molar-refractivity contribution is 5.50. The van der Waals surface area contributed by atoms with Gasteiger partial charge in [0.05, 0.1) is 22.2 Å². The molecule has 6 heteroatoms. The average Bonchev–Trinajstić information content (AvgIpc) is 2.45. The first kappa shape index (κ1) is 14.7. The van der Waals surface area contributed by atoms with Gasteiger partial charge in [0, 0.05) is 17.8 Å². The molecule has 1 unspecified atom stereocenters. The highest BCUT2D eigenvalue weighted by Gasteiger charge is 2.45. The standard InChI is InChI=1S/C14H19FN2O3/c1-13(2)8-12(14(3,4)20-13)16-9-5-6-11(17(18)19)10(15)7-9/h5-7,12,16H,8H2,1-4H3. The fraction of sp³-hybridized carbons (Fsp3) is 0.571. The first-order valence-electron chi connectivity index (χ1n) is 6.51. The highest BCUT2D eigenvalue weighted by atomic mass is 19.1. The normalized spacial score (nSPS) is 23.6. The minimum atomic E-state index is -0.837. The molecule has 2 rings (SSSR count). The van der Waals surface area contributed by atoms with Gasteiger partial charge in [0.1, 0.15) is 0 Å². The van der Waals surface area contributed by atoms with Crippen LogP contribution in [-0.2, 0) is 4.74 Å². The molecule has 0 amide bonds. The molecule has 0 saturated carbocycles. The van der Waals surface area contributed by atoms with Crippen molar-refractivity contribution in [3.05, 3.63) is 34.1 Å². The Hall–Kier alpha value is -1.69. The Kier molecular flexibility index (Phi) is 3.46. The van der Waals surface area contributed by atoms with Crippen LogP contribution in [-0.4, -0.2) is 22.2 Å². The van der Waals surface area contributed by atoms with Gasteiger partial charge in [0.25, 0.3) is 0 Å². The SMILES string of the molecule is CC1(C)CC(Nc2ccc([N+](=O)[O-])c(F)c2)C(C)(C)O1. The molecule has 1 aliphatic heterocycles. The summed E-state index contributed by atoms with van der Waals surface area (Å²) in [6.07, 6.45) is 0.776. The number of nitro benzene ring substituents is 1. The van der Waals surface area contributed by atoms with Crippen LogP contribution in [0.2, 0.25) is 0 Å². The van der Waals surface area contributed by atoms with Gasteiger partial charge < -0.3 is 10.1 Å². The number of nitrogens with zero attached hydrogens (tertiary/aromatic N) is 1. The Morgan fingerprint density at radius 1 is 1.40 bits per heavy atom. The van der Waals surface area contributed by atoms with Crippen molar-refractivity contribution < 1.29 is 14.1 Å². The molecular weight excluding hydrogens is 263 g/mol. The summed E-state index contributed by atoms with van der Waals surface area (Å²) < 4.78 is 19.6. The van der Waals surface area contributed by atoms with Crippen molar-refractivity contribution in [2.45, 2.75) is 51.4 Å². The number of anilines is 1. The van der Waals surface area contributed by atoms with Crippen molar-refractivity contribution in [3.8, 4) is 0 Å². The van der Waals surface area contributed by atoms with Gasteiger partial charge in [0.15, 0.2) is 0 Å². The van der Waals surface area contributed by atoms with E-state index in [9.17, 15) is 14.5 Å². The molecule has 0 aromatic heterocycles. The lowest BCUT2D eigenvalue weighted by Crippen LogP contribution is -2.38. The van der Waals surface area contributed by atoms with Crippen LogP contribution in [0, 0.1) is 15.9 Å². The van der Waals surface area contributed by atoms with E-state index < -0.39 is 16.4 Å². The molecule has 0 spiro atoms. The number of nitrogens with one attached hydrogen (secondary N) is 1. The molecule has 1 aliphatic rings. The third kappa shape index (κ3) is 2.90. The molecule has 1 N–H and O–H groups in total.